The number of hydrogen-bond donors (Lipinski definition) is 2. The fraction of sp³-hybridized carbons (Fsp3) is 0.409. The molecule has 1 saturated carbocycles. The number of likely N-dealkylation sites (tertiary alicyclic amines) is 1. The molecule has 2 N–H and O–H groups in total. The third-order valence-corrected chi connectivity index (χ3v) is 5.47. The van der Waals surface area contributed by atoms with Crippen molar-refractivity contribution < 1.29 is 9.59 Å². The van der Waals surface area contributed by atoms with E-state index in [1.807, 2.05) is 4.90 Å². The third-order valence-electron chi connectivity index (χ3n) is 5.47. The highest BCUT2D eigenvalue weighted by Gasteiger charge is 2.26. The lowest BCUT2D eigenvalue weighted by Crippen LogP contribution is -2.45. The van der Waals surface area contributed by atoms with Crippen LogP contribution in [0.4, 0.5) is 5.69 Å². The number of nitrogens with one attached hydrogen (secondary N) is 2. The second-order valence-electron chi connectivity index (χ2n) is 7.69. The Morgan fingerprint density at radius 2 is 1.73 bits per heavy atom. The van der Waals surface area contributed by atoms with Crippen LogP contribution in [0, 0.1) is 5.92 Å². The highest BCUT2D eigenvalue weighted by molar-refractivity contribution is 6.04. The van der Waals surface area contributed by atoms with E-state index in [-0.39, 0.29) is 36.6 Å². The molecule has 2 fully saturated rings. The Morgan fingerprint density at radius 3 is 2.40 bits per heavy atom. The Hall–Kier alpha value is -2.15. The lowest BCUT2D eigenvalue weighted by molar-refractivity contribution is 0.0704. The van der Waals surface area contributed by atoms with Crippen molar-refractivity contribution in [3.63, 3.8) is 0 Å². The van der Waals surface area contributed by atoms with Crippen molar-refractivity contribution in [2.24, 2.45) is 5.92 Å². The average Bonchev–Trinajstić information content (AvgIpc) is 3.57. The molecule has 162 valence electrons. The summed E-state index contributed by atoms with van der Waals surface area (Å²) in [4.78, 5) is 31.0. The Bertz CT molecular complexity index is 838. The summed E-state index contributed by atoms with van der Waals surface area (Å²) in [6, 6.07) is 11.1. The molecule has 8 heteroatoms. The highest BCUT2D eigenvalue weighted by atomic mass is 35.5. The lowest BCUT2D eigenvalue weighted by atomic mass is 10.0. The summed E-state index contributed by atoms with van der Waals surface area (Å²) in [5, 5.41) is 6.48. The molecule has 0 spiro atoms. The summed E-state index contributed by atoms with van der Waals surface area (Å²) in [6.07, 6.45) is 7.86. The van der Waals surface area contributed by atoms with Gasteiger partial charge in [-0.05, 0) is 68.5 Å². The number of pyridine rings is 1. The molecule has 0 unspecified atom stereocenters. The molecule has 1 aromatic carbocycles. The minimum atomic E-state index is -0.236. The first-order chi connectivity index (χ1) is 13.7. The average molecular weight is 451 g/mol. The molecule has 2 heterocycles. The quantitative estimate of drug-likeness (QED) is 0.701. The van der Waals surface area contributed by atoms with Crippen LogP contribution in [0.1, 0.15) is 46.4 Å². The van der Waals surface area contributed by atoms with Gasteiger partial charge < -0.3 is 15.5 Å². The van der Waals surface area contributed by atoms with E-state index in [0.717, 1.165) is 38.4 Å². The van der Waals surface area contributed by atoms with Crippen molar-refractivity contribution in [2.75, 3.05) is 25.0 Å². The Kier molecular flexibility index (Phi) is 9.08. The van der Waals surface area contributed by atoms with Crippen molar-refractivity contribution in [2.45, 2.75) is 31.7 Å². The van der Waals surface area contributed by atoms with Crippen molar-refractivity contribution in [1.29, 1.82) is 0 Å². The molecule has 6 nitrogen and oxygen atoms in total. The van der Waals surface area contributed by atoms with Crippen molar-refractivity contribution in [3.8, 4) is 0 Å². The molecule has 2 amide bonds. The van der Waals surface area contributed by atoms with Crippen LogP contribution >= 0.6 is 24.8 Å². The zero-order valence-corrected chi connectivity index (χ0v) is 18.4. The van der Waals surface area contributed by atoms with E-state index in [0.29, 0.717) is 22.9 Å². The van der Waals surface area contributed by atoms with E-state index in [1.54, 1.807) is 42.6 Å². The minimum absolute atomic E-state index is 0. The number of carbonyl (C=O) groups excluding carboxylic acids is 2. The molecule has 0 radical (unpaired) electrons. The smallest absolute Gasteiger partial charge is 0.257 e. The number of carbonyl (C=O) groups is 2. The molecule has 0 atom stereocenters. The number of halogens is 2. The maximum Gasteiger partial charge on any atom is 0.257 e. The number of benzene rings is 1. The normalized spacial score (nSPS) is 16.2. The number of anilines is 1. The van der Waals surface area contributed by atoms with E-state index >= 15 is 0 Å². The van der Waals surface area contributed by atoms with Gasteiger partial charge in [0.1, 0.15) is 0 Å². The molecule has 4 rings (SSSR count). The van der Waals surface area contributed by atoms with Crippen LogP contribution in [0.3, 0.4) is 0 Å². The molecule has 1 aromatic heterocycles. The number of piperidine rings is 1. The minimum Gasteiger partial charge on any atom is -0.339 e. The van der Waals surface area contributed by atoms with E-state index in [2.05, 4.69) is 15.6 Å². The Labute approximate surface area is 189 Å². The second kappa shape index (κ2) is 11.3. The van der Waals surface area contributed by atoms with Gasteiger partial charge in [-0.25, -0.2) is 0 Å². The van der Waals surface area contributed by atoms with Gasteiger partial charge in [-0.1, -0.05) is 6.07 Å². The largest absolute Gasteiger partial charge is 0.339 e. The lowest BCUT2D eigenvalue weighted by Gasteiger charge is -2.32. The number of hydrogen-bond acceptors (Lipinski definition) is 4. The Morgan fingerprint density at radius 1 is 1.00 bits per heavy atom. The van der Waals surface area contributed by atoms with Crippen LogP contribution in [0.2, 0.25) is 0 Å². The van der Waals surface area contributed by atoms with E-state index < -0.39 is 0 Å². The molecular weight excluding hydrogens is 423 g/mol. The molecule has 1 aliphatic heterocycles. The van der Waals surface area contributed by atoms with Crippen LogP contribution in [0.5, 0.6) is 0 Å². The van der Waals surface area contributed by atoms with Crippen LogP contribution in [-0.2, 0) is 0 Å². The first-order valence-corrected chi connectivity index (χ1v) is 10.0. The van der Waals surface area contributed by atoms with Crippen molar-refractivity contribution in [3.05, 3.63) is 59.9 Å². The summed E-state index contributed by atoms with van der Waals surface area (Å²) >= 11 is 0. The first-order valence-electron chi connectivity index (χ1n) is 10.0. The summed E-state index contributed by atoms with van der Waals surface area (Å²) < 4.78 is 0. The van der Waals surface area contributed by atoms with Crippen LogP contribution in [0.15, 0.2) is 48.8 Å². The maximum absolute atomic E-state index is 12.9. The van der Waals surface area contributed by atoms with Gasteiger partial charge in [0.05, 0.1) is 5.56 Å². The van der Waals surface area contributed by atoms with Gasteiger partial charge >= 0.3 is 0 Å². The number of amides is 2. The second-order valence-corrected chi connectivity index (χ2v) is 7.69. The number of rotatable bonds is 6. The molecule has 2 aliphatic rings. The fourth-order valence-electron chi connectivity index (χ4n) is 3.55. The maximum atomic E-state index is 12.9. The number of aromatic nitrogens is 1. The topological polar surface area (TPSA) is 74.3 Å². The van der Waals surface area contributed by atoms with E-state index in [9.17, 15) is 9.59 Å². The molecule has 0 bridgehead atoms. The van der Waals surface area contributed by atoms with Crippen LogP contribution in [0.25, 0.3) is 0 Å². The predicted molar refractivity (Wildman–Crippen MR) is 123 cm³/mol. The number of nitrogens with zero attached hydrogens (tertiary/aromatic N) is 2. The predicted octanol–water partition coefficient (Wildman–Crippen LogP) is 3.78. The van der Waals surface area contributed by atoms with E-state index in [4.69, 9.17) is 0 Å². The van der Waals surface area contributed by atoms with Gasteiger partial charge in [0.15, 0.2) is 0 Å². The third kappa shape index (κ3) is 6.42. The zero-order valence-electron chi connectivity index (χ0n) is 16.8. The van der Waals surface area contributed by atoms with Gasteiger partial charge in [0, 0.05) is 42.8 Å². The Balaban J connectivity index is 0.00000160. The highest BCUT2D eigenvalue weighted by Crippen LogP contribution is 2.28. The summed E-state index contributed by atoms with van der Waals surface area (Å²) in [7, 11) is 0. The van der Waals surface area contributed by atoms with Crippen molar-refractivity contribution >= 4 is 42.3 Å². The van der Waals surface area contributed by atoms with Gasteiger partial charge in [0.2, 0.25) is 0 Å². The standard InChI is InChI=1S/C22H26N4O2.2ClH/c27-21(18-4-2-10-23-15-18)25-20-5-1-3-17(13-20)22(28)26-11-8-19(9-12-26)24-14-16-6-7-16;;/h1-5,10,13,15-16,19,24H,6-9,11-12,14H2,(H,25,27);2*1H. The summed E-state index contributed by atoms with van der Waals surface area (Å²) in [5.41, 5.74) is 1.70. The van der Waals surface area contributed by atoms with Gasteiger partial charge in [0.25, 0.3) is 11.8 Å². The first kappa shape index (κ1) is 24.1. The summed E-state index contributed by atoms with van der Waals surface area (Å²) in [6.45, 7) is 2.66. The van der Waals surface area contributed by atoms with Crippen molar-refractivity contribution in [1.82, 2.24) is 15.2 Å². The molecule has 2 aromatic rings. The van der Waals surface area contributed by atoms with Crippen LogP contribution < -0.4 is 10.6 Å². The van der Waals surface area contributed by atoms with Gasteiger partial charge in [-0.2, -0.15) is 0 Å². The SMILES string of the molecule is Cl.Cl.O=C(Nc1cccc(C(=O)N2CCC(NCC3CC3)CC2)c1)c1cccnc1. The fourth-order valence-corrected chi connectivity index (χ4v) is 3.55. The molecule has 1 saturated heterocycles. The molecule has 30 heavy (non-hydrogen) atoms. The van der Waals surface area contributed by atoms with Crippen LogP contribution in [-0.4, -0.2) is 47.4 Å². The van der Waals surface area contributed by atoms with E-state index in [1.165, 1.54) is 19.0 Å². The summed E-state index contributed by atoms with van der Waals surface area (Å²) in [5.74, 6) is 0.669. The zero-order chi connectivity index (χ0) is 19.3. The molecular formula is C22H28Cl2N4O2. The molecule has 1 aliphatic carbocycles. The monoisotopic (exact) mass is 450 g/mol. The van der Waals surface area contributed by atoms with Gasteiger partial charge in [-0.3, -0.25) is 14.6 Å². The van der Waals surface area contributed by atoms with Gasteiger partial charge in [-0.15, -0.1) is 24.8 Å².